The minimum atomic E-state index is -1.27. The van der Waals surface area contributed by atoms with Gasteiger partial charge < -0.3 is 15.0 Å². The highest BCUT2D eigenvalue weighted by Crippen LogP contribution is 2.38. The number of halogens is 1. The summed E-state index contributed by atoms with van der Waals surface area (Å²) >= 11 is 6.44. The van der Waals surface area contributed by atoms with E-state index in [1.165, 1.54) is 12.3 Å². The van der Waals surface area contributed by atoms with Gasteiger partial charge in [-0.15, -0.1) is 0 Å². The molecule has 156 valence electrons. The molecule has 0 unspecified atom stereocenters. The molecule has 1 aromatic heterocycles. The Balaban J connectivity index is 2.04. The van der Waals surface area contributed by atoms with E-state index in [9.17, 15) is 19.5 Å². The number of hydrogen-bond donors (Lipinski definition) is 2. The first-order valence-electron chi connectivity index (χ1n) is 9.33. The number of rotatable bonds is 7. The van der Waals surface area contributed by atoms with Gasteiger partial charge in [-0.05, 0) is 52.7 Å². The van der Waals surface area contributed by atoms with Crippen molar-refractivity contribution in [2.45, 2.75) is 58.3 Å². The van der Waals surface area contributed by atoms with Gasteiger partial charge in [-0.3, -0.25) is 14.4 Å². The number of aromatic nitrogens is 1. The van der Waals surface area contributed by atoms with Gasteiger partial charge in [0.2, 0.25) is 11.8 Å². The minimum absolute atomic E-state index is 0.163. The van der Waals surface area contributed by atoms with Gasteiger partial charge in [-0.1, -0.05) is 11.6 Å². The van der Waals surface area contributed by atoms with Crippen LogP contribution in [-0.4, -0.2) is 38.9 Å². The summed E-state index contributed by atoms with van der Waals surface area (Å²) in [7, 11) is 0. The molecule has 2 N–H and O–H groups in total. The van der Waals surface area contributed by atoms with Crippen LogP contribution in [0.1, 0.15) is 56.9 Å². The highest BCUT2D eigenvalue weighted by molar-refractivity contribution is 6.34. The number of nitrogens with one attached hydrogen (secondary N) is 1. The molecule has 1 atom stereocenters. The Morgan fingerprint density at radius 2 is 2.07 bits per heavy atom. The number of hydrogen-bond acceptors (Lipinski definition) is 5. The number of carbonyl (C=O) groups is 2. The second-order valence-electron chi connectivity index (χ2n) is 8.15. The fourth-order valence-corrected chi connectivity index (χ4v) is 3.30. The molecule has 0 saturated heterocycles. The lowest BCUT2D eigenvalue weighted by Gasteiger charge is -2.32. The Bertz CT molecular complexity index is 1020. The smallest absolute Gasteiger partial charge is 0.341 e. The highest BCUT2D eigenvalue weighted by atomic mass is 35.5. The van der Waals surface area contributed by atoms with E-state index in [1.807, 2.05) is 20.8 Å². The van der Waals surface area contributed by atoms with Crippen molar-refractivity contribution in [2.75, 3.05) is 5.32 Å². The van der Waals surface area contributed by atoms with Crippen LogP contribution in [0.3, 0.4) is 0 Å². The number of hydroxylamine groups is 2. The van der Waals surface area contributed by atoms with Gasteiger partial charge in [-0.2, -0.15) is 0 Å². The van der Waals surface area contributed by atoms with E-state index in [0.717, 1.165) is 17.9 Å². The molecule has 9 heteroatoms. The monoisotopic (exact) mass is 421 g/mol. The zero-order valence-electron chi connectivity index (χ0n) is 16.7. The zero-order valence-corrected chi connectivity index (χ0v) is 17.5. The predicted molar refractivity (Wildman–Crippen MR) is 110 cm³/mol. The molecule has 1 aromatic carbocycles. The molecule has 1 fully saturated rings. The van der Waals surface area contributed by atoms with Crippen LogP contribution in [0.15, 0.2) is 23.1 Å². The maximum Gasteiger partial charge on any atom is 0.341 e. The van der Waals surface area contributed by atoms with E-state index in [2.05, 4.69) is 5.32 Å². The number of carboxylic acid groups (broad SMARTS) is 1. The Morgan fingerprint density at radius 1 is 1.41 bits per heavy atom. The van der Waals surface area contributed by atoms with E-state index in [1.54, 1.807) is 17.6 Å². The molecule has 0 radical (unpaired) electrons. The third kappa shape index (κ3) is 4.54. The van der Waals surface area contributed by atoms with Gasteiger partial charge >= 0.3 is 5.97 Å². The summed E-state index contributed by atoms with van der Waals surface area (Å²) in [5.74, 6) is -1.27. The van der Waals surface area contributed by atoms with Gasteiger partial charge in [0.25, 0.3) is 0 Å². The molecule has 1 heterocycles. The Morgan fingerprint density at radius 3 is 2.59 bits per heavy atom. The molecular weight excluding hydrogens is 398 g/mol. The summed E-state index contributed by atoms with van der Waals surface area (Å²) < 4.78 is 1.81. The van der Waals surface area contributed by atoms with Crippen LogP contribution in [0.2, 0.25) is 5.02 Å². The van der Waals surface area contributed by atoms with Crippen molar-refractivity contribution in [1.82, 2.24) is 9.63 Å². The van der Waals surface area contributed by atoms with E-state index in [-0.39, 0.29) is 17.0 Å². The summed E-state index contributed by atoms with van der Waals surface area (Å²) in [6.07, 6.45) is 3.20. The number of amides is 1. The van der Waals surface area contributed by atoms with Crippen LogP contribution in [0.25, 0.3) is 10.9 Å². The highest BCUT2D eigenvalue weighted by Gasteiger charge is 2.28. The quantitative estimate of drug-likeness (QED) is 0.402. The molecule has 29 heavy (non-hydrogen) atoms. The van der Waals surface area contributed by atoms with Crippen LogP contribution in [-0.2, 0) is 9.63 Å². The second kappa shape index (κ2) is 7.68. The van der Waals surface area contributed by atoms with Gasteiger partial charge in [0.1, 0.15) is 11.7 Å². The van der Waals surface area contributed by atoms with Crippen molar-refractivity contribution in [2.24, 2.45) is 0 Å². The Labute approximate surface area is 173 Å². The largest absolute Gasteiger partial charge is 0.477 e. The first-order valence-corrected chi connectivity index (χ1v) is 9.70. The molecule has 0 spiro atoms. The number of carbonyl (C=O) groups excluding carboxylic acids is 1. The van der Waals surface area contributed by atoms with Crippen molar-refractivity contribution in [3.05, 3.63) is 39.1 Å². The van der Waals surface area contributed by atoms with Crippen molar-refractivity contribution >= 4 is 40.6 Å². The number of aromatic carboxylic acids is 1. The van der Waals surface area contributed by atoms with E-state index in [4.69, 9.17) is 16.4 Å². The molecule has 8 nitrogen and oxygen atoms in total. The second-order valence-corrected chi connectivity index (χ2v) is 8.56. The summed E-state index contributed by atoms with van der Waals surface area (Å²) in [4.78, 5) is 41.3. The molecule has 0 aliphatic heterocycles. The molecule has 1 saturated carbocycles. The standard InChI is InChI=1S/C20H24ClN3O5/c1-11(24(10-25)29-20(2,3)4)22-16-7-13-17(8-15(16)21)23(12-5-6-12)9-14(18(13)26)19(27)28/h7-12,22H,5-6H2,1-4H3,(H,27,28)/t11-/m1/s1. The van der Waals surface area contributed by atoms with E-state index in [0.29, 0.717) is 22.6 Å². The van der Waals surface area contributed by atoms with Gasteiger partial charge in [-0.25, -0.2) is 9.86 Å². The SMILES string of the molecule is C[C@H](Nc1cc2c(=O)c(C(=O)O)cn(C3CC3)c2cc1Cl)N(C=O)OC(C)(C)C. The van der Waals surface area contributed by atoms with Crippen LogP contribution >= 0.6 is 11.6 Å². The van der Waals surface area contributed by atoms with Gasteiger partial charge in [0.05, 0.1) is 21.8 Å². The van der Waals surface area contributed by atoms with Crippen molar-refractivity contribution in [3.63, 3.8) is 0 Å². The molecule has 1 amide bonds. The Kier molecular flexibility index (Phi) is 5.60. The van der Waals surface area contributed by atoms with Crippen LogP contribution in [0.5, 0.6) is 0 Å². The average Bonchev–Trinajstić information content (AvgIpc) is 3.45. The fourth-order valence-electron chi connectivity index (χ4n) is 3.09. The normalized spacial score (nSPS) is 15.2. The maximum atomic E-state index is 12.7. The van der Waals surface area contributed by atoms with Crippen LogP contribution < -0.4 is 10.7 Å². The molecule has 1 aliphatic rings. The minimum Gasteiger partial charge on any atom is -0.477 e. The van der Waals surface area contributed by atoms with E-state index >= 15 is 0 Å². The molecule has 1 aliphatic carbocycles. The number of fused-ring (bicyclic) bond motifs is 1. The number of nitrogens with zero attached hydrogens (tertiary/aromatic N) is 2. The van der Waals surface area contributed by atoms with Gasteiger partial charge in [0, 0.05) is 17.6 Å². The van der Waals surface area contributed by atoms with Gasteiger partial charge in [0.15, 0.2) is 0 Å². The summed E-state index contributed by atoms with van der Waals surface area (Å²) in [6, 6.07) is 3.34. The molecular formula is C20H24ClN3O5. The number of pyridine rings is 1. The lowest BCUT2D eigenvalue weighted by Crippen LogP contribution is -2.42. The predicted octanol–water partition coefficient (Wildman–Crippen LogP) is 3.63. The summed E-state index contributed by atoms with van der Waals surface area (Å²) in [5.41, 5.74) is -0.452. The summed E-state index contributed by atoms with van der Waals surface area (Å²) in [5, 5.41) is 14.2. The lowest BCUT2D eigenvalue weighted by molar-refractivity contribution is -0.226. The van der Waals surface area contributed by atoms with Crippen molar-refractivity contribution < 1.29 is 19.5 Å². The topological polar surface area (TPSA) is 101 Å². The average molecular weight is 422 g/mol. The first-order chi connectivity index (χ1) is 13.5. The van der Waals surface area contributed by atoms with Crippen molar-refractivity contribution in [3.8, 4) is 0 Å². The van der Waals surface area contributed by atoms with Crippen LogP contribution in [0, 0.1) is 0 Å². The number of anilines is 1. The third-order valence-corrected chi connectivity index (χ3v) is 4.83. The number of benzene rings is 1. The fraction of sp³-hybridized carbons (Fsp3) is 0.450. The van der Waals surface area contributed by atoms with E-state index < -0.39 is 23.2 Å². The zero-order chi connectivity index (χ0) is 21.5. The lowest BCUT2D eigenvalue weighted by atomic mass is 10.1. The number of carboxylic acids is 1. The third-order valence-electron chi connectivity index (χ3n) is 4.52. The molecule has 3 rings (SSSR count). The first kappa shape index (κ1) is 21.1. The maximum absolute atomic E-state index is 12.7. The molecule has 0 bridgehead atoms. The summed E-state index contributed by atoms with van der Waals surface area (Å²) in [6.45, 7) is 7.14. The van der Waals surface area contributed by atoms with Crippen LogP contribution in [0.4, 0.5) is 5.69 Å². The Hall–Kier alpha value is -2.58. The van der Waals surface area contributed by atoms with Crippen molar-refractivity contribution in [1.29, 1.82) is 0 Å². The molecule has 2 aromatic rings.